The molecule has 0 heterocycles. The van der Waals surface area contributed by atoms with Gasteiger partial charge in [-0.25, -0.2) is 0 Å². The second kappa shape index (κ2) is 70.3. The third-order valence-corrected chi connectivity index (χ3v) is 15.9. The summed E-state index contributed by atoms with van der Waals surface area (Å²) in [5.74, 6) is -0.869. The lowest BCUT2D eigenvalue weighted by Crippen LogP contribution is -2.30. The fourth-order valence-corrected chi connectivity index (χ4v) is 10.5. The second-order valence-electron chi connectivity index (χ2n) is 24.1. The highest BCUT2D eigenvalue weighted by Gasteiger charge is 2.19. The molecule has 476 valence electrons. The summed E-state index contributed by atoms with van der Waals surface area (Å²) < 4.78 is 16.9. The van der Waals surface area contributed by atoms with Crippen molar-refractivity contribution in [2.75, 3.05) is 13.2 Å². The minimum absolute atomic E-state index is 0.0730. The normalized spacial score (nSPS) is 12.5. The highest BCUT2D eigenvalue weighted by atomic mass is 16.6. The van der Waals surface area contributed by atoms with E-state index in [9.17, 15) is 14.4 Å². The zero-order valence-electron chi connectivity index (χ0n) is 54.8. The number of hydrogen-bond acceptors (Lipinski definition) is 6. The van der Waals surface area contributed by atoms with Gasteiger partial charge in [0.2, 0.25) is 0 Å². The molecule has 0 spiro atoms. The Labute approximate surface area is 510 Å². The zero-order valence-corrected chi connectivity index (χ0v) is 54.8. The lowest BCUT2D eigenvalue weighted by molar-refractivity contribution is -0.167. The van der Waals surface area contributed by atoms with Crippen LogP contribution in [0.4, 0.5) is 0 Å². The topological polar surface area (TPSA) is 78.9 Å². The maximum absolute atomic E-state index is 12.9. The maximum Gasteiger partial charge on any atom is 0.306 e. The number of carbonyl (C=O) groups is 3. The average Bonchev–Trinajstić information content (AvgIpc) is 3.47. The lowest BCUT2D eigenvalue weighted by atomic mass is 10.0. The van der Waals surface area contributed by atoms with Gasteiger partial charge in [0.25, 0.3) is 0 Å². The number of carbonyl (C=O) groups excluding carboxylic acids is 3. The molecule has 0 radical (unpaired) electrons. The summed E-state index contributed by atoms with van der Waals surface area (Å²) in [5.41, 5.74) is 0. The van der Waals surface area contributed by atoms with Crippen LogP contribution in [0.25, 0.3) is 0 Å². The fourth-order valence-electron chi connectivity index (χ4n) is 10.5. The van der Waals surface area contributed by atoms with Crippen LogP contribution in [-0.4, -0.2) is 37.2 Å². The summed E-state index contributed by atoms with van der Waals surface area (Å²) in [6, 6.07) is 0. The van der Waals surface area contributed by atoms with Crippen LogP contribution in [-0.2, 0) is 28.6 Å². The first-order valence-electron chi connectivity index (χ1n) is 35.9. The Bertz CT molecular complexity index is 1500. The SMILES string of the molecule is CCCCCCC/C=C\C/C=C\C/C=C\CCCCCCCCCCCCCCCCCCCCC(=O)OCC(COC(=O)CCCCCCCC)OC(=O)CCCCCCCCCCCC/C=C\C/C=C\C/C=C\CCCCCCC. The number of esters is 3. The molecule has 0 amide bonds. The molecule has 6 heteroatoms. The van der Waals surface area contributed by atoms with E-state index >= 15 is 0 Å². The molecule has 1 atom stereocenters. The Morgan fingerprint density at radius 1 is 0.244 bits per heavy atom. The minimum atomic E-state index is -0.774. The molecule has 0 fully saturated rings. The summed E-state index contributed by atoms with van der Waals surface area (Å²) in [4.78, 5) is 38.1. The van der Waals surface area contributed by atoms with Crippen LogP contribution < -0.4 is 0 Å². The van der Waals surface area contributed by atoms with Gasteiger partial charge in [0.05, 0.1) is 0 Å². The summed E-state index contributed by atoms with van der Waals surface area (Å²) in [6.07, 6.45) is 92.6. The van der Waals surface area contributed by atoms with Crippen molar-refractivity contribution in [1.29, 1.82) is 0 Å². The Morgan fingerprint density at radius 2 is 0.439 bits per heavy atom. The molecular weight excluding hydrogens is 1010 g/mol. The molecule has 0 aliphatic rings. The first-order chi connectivity index (χ1) is 40.5. The summed E-state index contributed by atoms with van der Waals surface area (Å²) in [5, 5.41) is 0. The first-order valence-corrected chi connectivity index (χ1v) is 35.9. The quantitative estimate of drug-likeness (QED) is 0.0261. The van der Waals surface area contributed by atoms with E-state index in [1.54, 1.807) is 0 Å². The molecule has 0 saturated carbocycles. The zero-order chi connectivity index (χ0) is 59.2. The second-order valence-corrected chi connectivity index (χ2v) is 24.1. The van der Waals surface area contributed by atoms with Gasteiger partial charge in [0, 0.05) is 19.3 Å². The molecular formula is C76H136O6. The monoisotopic (exact) mass is 1150 g/mol. The number of allylic oxidation sites excluding steroid dienone is 12. The molecule has 0 saturated heterocycles. The van der Waals surface area contributed by atoms with E-state index < -0.39 is 6.10 Å². The Kier molecular flexibility index (Phi) is 67.6. The minimum Gasteiger partial charge on any atom is -0.462 e. The molecule has 0 bridgehead atoms. The molecule has 6 nitrogen and oxygen atoms in total. The Hall–Kier alpha value is -3.15. The van der Waals surface area contributed by atoms with Gasteiger partial charge < -0.3 is 14.2 Å². The molecule has 0 aromatic rings. The van der Waals surface area contributed by atoms with Crippen molar-refractivity contribution >= 4 is 17.9 Å². The molecule has 0 aliphatic carbocycles. The van der Waals surface area contributed by atoms with Gasteiger partial charge in [0.15, 0.2) is 6.10 Å². The third kappa shape index (κ3) is 67.6. The van der Waals surface area contributed by atoms with E-state index in [0.717, 1.165) is 83.5 Å². The van der Waals surface area contributed by atoms with Crippen molar-refractivity contribution in [3.05, 3.63) is 72.9 Å². The van der Waals surface area contributed by atoms with Gasteiger partial charge in [-0.2, -0.15) is 0 Å². The first kappa shape index (κ1) is 78.8. The molecule has 82 heavy (non-hydrogen) atoms. The van der Waals surface area contributed by atoms with E-state index in [1.165, 1.54) is 250 Å². The summed E-state index contributed by atoms with van der Waals surface area (Å²) in [6.45, 7) is 6.60. The molecule has 0 aliphatic heterocycles. The summed E-state index contributed by atoms with van der Waals surface area (Å²) >= 11 is 0. The number of unbranched alkanes of at least 4 members (excludes halogenated alkanes) is 43. The van der Waals surface area contributed by atoms with Gasteiger partial charge in [-0.05, 0) is 96.3 Å². The van der Waals surface area contributed by atoms with Gasteiger partial charge in [-0.15, -0.1) is 0 Å². The van der Waals surface area contributed by atoms with Crippen LogP contribution in [0.15, 0.2) is 72.9 Å². The van der Waals surface area contributed by atoms with Crippen LogP contribution in [0.2, 0.25) is 0 Å². The molecule has 1 unspecified atom stereocenters. The van der Waals surface area contributed by atoms with E-state index in [-0.39, 0.29) is 31.1 Å². The van der Waals surface area contributed by atoms with E-state index in [0.29, 0.717) is 19.3 Å². The van der Waals surface area contributed by atoms with E-state index in [1.807, 2.05) is 0 Å². The maximum atomic E-state index is 12.9. The summed E-state index contributed by atoms with van der Waals surface area (Å²) in [7, 11) is 0. The largest absolute Gasteiger partial charge is 0.462 e. The smallest absolute Gasteiger partial charge is 0.306 e. The Balaban J connectivity index is 3.99. The van der Waals surface area contributed by atoms with Crippen LogP contribution in [0.5, 0.6) is 0 Å². The van der Waals surface area contributed by atoms with Crippen molar-refractivity contribution in [3.8, 4) is 0 Å². The van der Waals surface area contributed by atoms with Crippen molar-refractivity contribution in [2.24, 2.45) is 0 Å². The number of ether oxygens (including phenoxy) is 3. The third-order valence-electron chi connectivity index (χ3n) is 15.9. The highest BCUT2D eigenvalue weighted by Crippen LogP contribution is 2.18. The van der Waals surface area contributed by atoms with Crippen molar-refractivity contribution in [3.63, 3.8) is 0 Å². The number of hydrogen-bond donors (Lipinski definition) is 0. The fraction of sp³-hybridized carbons (Fsp3) is 0.803. The predicted octanol–water partition coefficient (Wildman–Crippen LogP) is 24.8. The predicted molar refractivity (Wildman–Crippen MR) is 358 cm³/mol. The van der Waals surface area contributed by atoms with Crippen LogP contribution >= 0.6 is 0 Å². The van der Waals surface area contributed by atoms with Crippen LogP contribution in [0.3, 0.4) is 0 Å². The van der Waals surface area contributed by atoms with Gasteiger partial charge in [-0.3, -0.25) is 14.4 Å². The lowest BCUT2D eigenvalue weighted by Gasteiger charge is -2.18. The molecule has 0 N–H and O–H groups in total. The number of rotatable bonds is 66. The van der Waals surface area contributed by atoms with Gasteiger partial charge in [0.1, 0.15) is 13.2 Å². The average molecular weight is 1150 g/mol. The Morgan fingerprint density at radius 3 is 0.683 bits per heavy atom. The van der Waals surface area contributed by atoms with Gasteiger partial charge >= 0.3 is 17.9 Å². The molecule has 0 rings (SSSR count). The van der Waals surface area contributed by atoms with E-state index in [4.69, 9.17) is 14.2 Å². The molecule has 0 aromatic heterocycles. The van der Waals surface area contributed by atoms with Crippen molar-refractivity contribution < 1.29 is 28.6 Å². The van der Waals surface area contributed by atoms with Crippen LogP contribution in [0, 0.1) is 0 Å². The van der Waals surface area contributed by atoms with Crippen LogP contribution in [0.1, 0.15) is 374 Å². The van der Waals surface area contributed by atoms with Crippen molar-refractivity contribution in [2.45, 2.75) is 380 Å². The standard InChI is InChI=1S/C76H136O6/c1-4-7-10-13-16-18-20-22-24-26-28-30-32-34-35-36-37-38-39-40-41-43-44-46-48-50-52-54-56-58-60-63-66-69-75(78)81-72-73(71-80-74(77)68-65-62-15-12-9-6-3)82-76(79)70-67-64-61-59-57-55-53-51-49-47-45-42-33-31-29-27-25-23-21-19-17-14-11-8-5-2/h20-23,26-29,32-34,42,73H,4-19,24-25,30-31,35-41,43-72H2,1-3H3/b22-20-,23-21-,28-26-,29-27-,34-32-,42-33-. The van der Waals surface area contributed by atoms with Crippen molar-refractivity contribution in [1.82, 2.24) is 0 Å². The molecule has 0 aromatic carbocycles. The van der Waals surface area contributed by atoms with E-state index in [2.05, 4.69) is 93.7 Å². The highest BCUT2D eigenvalue weighted by molar-refractivity contribution is 5.71. The van der Waals surface area contributed by atoms with Gasteiger partial charge in [-0.1, -0.05) is 331 Å².